The van der Waals surface area contributed by atoms with Gasteiger partial charge in [0.25, 0.3) is 0 Å². The Morgan fingerprint density at radius 1 is 1.24 bits per heavy atom. The van der Waals surface area contributed by atoms with E-state index in [1.54, 1.807) is 7.05 Å². The van der Waals surface area contributed by atoms with Gasteiger partial charge in [-0.3, -0.25) is 0 Å². The molecule has 0 aliphatic carbocycles. The molecule has 1 aliphatic heterocycles. The summed E-state index contributed by atoms with van der Waals surface area (Å²) in [6, 6.07) is 11.3. The SMILES string of the molecule is CN1CCC([Se]c2ccccc2)(C(=O)Nc2ccc(F)nc2F)C1=O. The van der Waals surface area contributed by atoms with Crippen LogP contribution >= 0.6 is 0 Å². The zero-order valence-electron chi connectivity index (χ0n) is 13.3. The number of pyridine rings is 1. The number of carbonyl (C=O) groups is 2. The number of halogens is 2. The molecule has 25 heavy (non-hydrogen) atoms. The summed E-state index contributed by atoms with van der Waals surface area (Å²) in [6.45, 7) is 0.449. The molecule has 1 aromatic carbocycles. The molecule has 130 valence electrons. The van der Waals surface area contributed by atoms with Gasteiger partial charge in [0.05, 0.1) is 0 Å². The third-order valence-electron chi connectivity index (χ3n) is 3.96. The summed E-state index contributed by atoms with van der Waals surface area (Å²) in [4.78, 5) is 30.2. The summed E-state index contributed by atoms with van der Waals surface area (Å²) < 4.78 is 26.3. The summed E-state index contributed by atoms with van der Waals surface area (Å²) in [6.07, 6.45) is 0.347. The number of rotatable bonds is 4. The van der Waals surface area contributed by atoms with Crippen molar-refractivity contribution in [2.75, 3.05) is 18.9 Å². The van der Waals surface area contributed by atoms with Gasteiger partial charge in [-0.05, 0) is 0 Å². The van der Waals surface area contributed by atoms with Crippen molar-refractivity contribution in [1.82, 2.24) is 9.88 Å². The molecule has 1 fully saturated rings. The summed E-state index contributed by atoms with van der Waals surface area (Å²) in [5.41, 5.74) is -0.239. The number of carbonyl (C=O) groups excluding carboxylic acids is 2. The fraction of sp³-hybridized carbons (Fsp3) is 0.235. The van der Waals surface area contributed by atoms with Gasteiger partial charge in [-0.1, -0.05) is 0 Å². The minimum atomic E-state index is -1.26. The van der Waals surface area contributed by atoms with Crippen LogP contribution in [0.1, 0.15) is 6.42 Å². The van der Waals surface area contributed by atoms with Crippen LogP contribution in [-0.2, 0) is 9.59 Å². The number of nitrogens with zero attached hydrogens (tertiary/aromatic N) is 2. The summed E-state index contributed by atoms with van der Waals surface area (Å²) in [7, 11) is 1.64. The first-order chi connectivity index (χ1) is 11.9. The second kappa shape index (κ2) is 6.90. The number of nitrogens with one attached hydrogen (secondary N) is 1. The zero-order valence-corrected chi connectivity index (χ0v) is 15.0. The van der Waals surface area contributed by atoms with Gasteiger partial charge in [0, 0.05) is 0 Å². The van der Waals surface area contributed by atoms with Crippen molar-refractivity contribution in [3.8, 4) is 0 Å². The molecule has 2 amide bonds. The van der Waals surface area contributed by atoms with Gasteiger partial charge in [0.15, 0.2) is 0 Å². The van der Waals surface area contributed by atoms with Crippen molar-refractivity contribution in [3.63, 3.8) is 0 Å². The Kier molecular flexibility index (Phi) is 4.83. The average molecular weight is 410 g/mol. The van der Waals surface area contributed by atoms with Crippen molar-refractivity contribution in [1.29, 1.82) is 0 Å². The Labute approximate surface area is 149 Å². The molecule has 1 aromatic heterocycles. The van der Waals surface area contributed by atoms with E-state index in [9.17, 15) is 18.4 Å². The Hall–Kier alpha value is -2.31. The maximum absolute atomic E-state index is 13.8. The van der Waals surface area contributed by atoms with Crippen LogP contribution in [0, 0.1) is 11.9 Å². The topological polar surface area (TPSA) is 62.3 Å². The second-order valence-electron chi connectivity index (χ2n) is 5.65. The van der Waals surface area contributed by atoms with Gasteiger partial charge in [0.2, 0.25) is 0 Å². The Balaban J connectivity index is 1.92. The molecule has 5 nitrogen and oxygen atoms in total. The molecular formula is C17H15F2N3O2Se. The number of anilines is 1. The van der Waals surface area contributed by atoms with E-state index < -0.39 is 37.1 Å². The van der Waals surface area contributed by atoms with Gasteiger partial charge >= 0.3 is 149 Å². The first-order valence-electron chi connectivity index (χ1n) is 7.55. The molecule has 1 unspecified atom stereocenters. The van der Waals surface area contributed by atoms with Crippen molar-refractivity contribution < 1.29 is 18.4 Å². The van der Waals surface area contributed by atoms with E-state index in [-0.39, 0.29) is 11.6 Å². The van der Waals surface area contributed by atoms with Crippen molar-refractivity contribution >= 4 is 36.9 Å². The van der Waals surface area contributed by atoms with Crippen LogP contribution in [0.2, 0.25) is 4.31 Å². The fourth-order valence-electron chi connectivity index (χ4n) is 2.61. The van der Waals surface area contributed by atoms with Gasteiger partial charge < -0.3 is 0 Å². The number of benzene rings is 1. The van der Waals surface area contributed by atoms with Crippen LogP contribution in [0.15, 0.2) is 42.5 Å². The monoisotopic (exact) mass is 411 g/mol. The number of likely N-dealkylation sites (tertiary alicyclic amines) is 1. The zero-order chi connectivity index (χ0) is 18.0. The molecule has 1 atom stereocenters. The summed E-state index contributed by atoms with van der Waals surface area (Å²) in [5.74, 6) is -2.97. The van der Waals surface area contributed by atoms with Crippen LogP contribution < -0.4 is 9.78 Å². The summed E-state index contributed by atoms with van der Waals surface area (Å²) in [5, 5.41) is 2.42. The molecule has 0 saturated carbocycles. The molecule has 0 radical (unpaired) electrons. The Morgan fingerprint density at radius 2 is 1.96 bits per heavy atom. The fourth-order valence-corrected chi connectivity index (χ4v) is 5.29. The molecule has 2 heterocycles. The van der Waals surface area contributed by atoms with Crippen LogP contribution in [-0.4, -0.2) is 50.2 Å². The maximum atomic E-state index is 13.8. The molecule has 0 spiro atoms. The molecule has 1 aliphatic rings. The van der Waals surface area contributed by atoms with Crippen molar-refractivity contribution in [2.24, 2.45) is 0 Å². The first kappa shape index (κ1) is 17.5. The molecule has 1 N–H and O–H groups in total. The normalized spacial score (nSPS) is 20.0. The predicted octanol–water partition coefficient (Wildman–Crippen LogP) is 1.35. The molecular weight excluding hydrogens is 395 g/mol. The molecule has 1 saturated heterocycles. The minimum absolute atomic E-state index is 0.239. The van der Waals surface area contributed by atoms with Gasteiger partial charge in [-0.15, -0.1) is 0 Å². The van der Waals surface area contributed by atoms with Gasteiger partial charge in [-0.2, -0.15) is 0 Å². The van der Waals surface area contributed by atoms with E-state index in [2.05, 4.69) is 10.3 Å². The standard InChI is InChI=1S/C17H15F2N3O2Se/c1-22-10-9-17(16(22)24,25-11-5-3-2-4-6-11)15(23)20-12-7-8-13(18)21-14(12)19/h2-8H,9-10H2,1H3,(H,20,23). The van der Waals surface area contributed by atoms with Crippen LogP contribution in [0.5, 0.6) is 0 Å². The van der Waals surface area contributed by atoms with Crippen molar-refractivity contribution in [3.05, 3.63) is 54.4 Å². The van der Waals surface area contributed by atoms with E-state index in [0.717, 1.165) is 16.6 Å². The van der Waals surface area contributed by atoms with Crippen molar-refractivity contribution in [2.45, 2.75) is 10.7 Å². The van der Waals surface area contributed by atoms with E-state index in [1.165, 1.54) is 4.90 Å². The first-order valence-corrected chi connectivity index (χ1v) is 9.27. The molecule has 8 heteroatoms. The van der Waals surface area contributed by atoms with Gasteiger partial charge in [-0.25, -0.2) is 0 Å². The number of hydrogen-bond donors (Lipinski definition) is 1. The van der Waals surface area contributed by atoms with Crippen LogP contribution in [0.25, 0.3) is 0 Å². The number of aromatic nitrogens is 1. The number of hydrogen-bond acceptors (Lipinski definition) is 3. The molecule has 0 bridgehead atoms. The summed E-state index contributed by atoms with van der Waals surface area (Å²) >= 11 is -0.482. The third kappa shape index (κ3) is 3.41. The van der Waals surface area contributed by atoms with Crippen LogP contribution in [0.3, 0.4) is 0 Å². The van der Waals surface area contributed by atoms with Crippen LogP contribution in [0.4, 0.5) is 14.5 Å². The quantitative estimate of drug-likeness (QED) is 0.470. The Bertz CT molecular complexity index is 819. The van der Waals surface area contributed by atoms with E-state index in [4.69, 9.17) is 0 Å². The molecule has 2 aromatic rings. The van der Waals surface area contributed by atoms with Gasteiger partial charge in [0.1, 0.15) is 0 Å². The Morgan fingerprint density at radius 3 is 2.56 bits per heavy atom. The van der Waals surface area contributed by atoms with E-state index >= 15 is 0 Å². The second-order valence-corrected chi connectivity index (χ2v) is 8.52. The number of amides is 2. The van der Waals surface area contributed by atoms with E-state index in [1.807, 2.05) is 30.3 Å². The third-order valence-corrected chi connectivity index (χ3v) is 6.94. The average Bonchev–Trinajstić information content (AvgIpc) is 2.88. The predicted molar refractivity (Wildman–Crippen MR) is 89.6 cm³/mol. The van der Waals surface area contributed by atoms with E-state index in [0.29, 0.717) is 13.0 Å². The molecule has 3 rings (SSSR count).